The number of hydrazine groups is 1. The maximum Gasteiger partial charge on any atom is 0.236 e. The predicted molar refractivity (Wildman–Crippen MR) is 125 cm³/mol. The van der Waals surface area contributed by atoms with Crippen molar-refractivity contribution in [1.82, 2.24) is 30.5 Å². The van der Waals surface area contributed by atoms with E-state index < -0.39 is 36.1 Å². The molecule has 0 radical (unpaired) electrons. The summed E-state index contributed by atoms with van der Waals surface area (Å²) < 4.78 is 28.7. The van der Waals surface area contributed by atoms with Crippen molar-refractivity contribution < 1.29 is 18.4 Å². The maximum absolute atomic E-state index is 14.9. The van der Waals surface area contributed by atoms with Gasteiger partial charge >= 0.3 is 0 Å². The summed E-state index contributed by atoms with van der Waals surface area (Å²) >= 11 is 0. The number of alkyl halides is 1. The molecule has 1 aromatic heterocycles. The molecule has 192 valence electrons. The van der Waals surface area contributed by atoms with Crippen LogP contribution in [0.4, 0.5) is 20.2 Å². The summed E-state index contributed by atoms with van der Waals surface area (Å²) in [5, 5.41) is 7.42. The first-order valence-electron chi connectivity index (χ1n) is 12.3. The van der Waals surface area contributed by atoms with Gasteiger partial charge in [-0.3, -0.25) is 24.8 Å². The molecule has 11 nitrogen and oxygen atoms in total. The number of carbonyl (C=O) groups is 2. The topological polar surface area (TPSA) is 122 Å². The lowest BCUT2D eigenvalue weighted by atomic mass is 10.0. The summed E-state index contributed by atoms with van der Waals surface area (Å²) in [4.78, 5) is 35.6. The van der Waals surface area contributed by atoms with Gasteiger partial charge in [-0.25, -0.2) is 19.2 Å². The van der Waals surface area contributed by atoms with Crippen LogP contribution in [0.2, 0.25) is 0 Å². The third-order valence-electron chi connectivity index (χ3n) is 7.26. The van der Waals surface area contributed by atoms with Crippen LogP contribution >= 0.6 is 0 Å². The van der Waals surface area contributed by atoms with E-state index in [1.165, 1.54) is 6.20 Å². The zero-order chi connectivity index (χ0) is 24.5. The number of nitrogens with one attached hydrogen (secondary N) is 3. The summed E-state index contributed by atoms with van der Waals surface area (Å²) in [6.45, 7) is 4.44. The number of piperazine rings is 1. The fourth-order valence-electron chi connectivity index (χ4n) is 5.45. The Morgan fingerprint density at radius 3 is 2.63 bits per heavy atom. The number of nitrogens with zero attached hydrogens (tertiary/aromatic N) is 5. The molecule has 5 N–H and O–H groups in total. The summed E-state index contributed by atoms with van der Waals surface area (Å²) in [5.41, 5.74) is 9.57. The van der Waals surface area contributed by atoms with Crippen molar-refractivity contribution in [3.63, 3.8) is 0 Å². The molecule has 2 amide bonds. The van der Waals surface area contributed by atoms with Crippen LogP contribution in [-0.2, 0) is 9.59 Å². The fourth-order valence-corrected chi connectivity index (χ4v) is 5.45. The van der Waals surface area contributed by atoms with Gasteiger partial charge < -0.3 is 20.9 Å². The van der Waals surface area contributed by atoms with Gasteiger partial charge in [-0.1, -0.05) is 0 Å². The highest BCUT2D eigenvalue weighted by Gasteiger charge is 2.47. The van der Waals surface area contributed by atoms with Crippen LogP contribution in [0.25, 0.3) is 0 Å². The van der Waals surface area contributed by atoms with Gasteiger partial charge in [-0.15, -0.1) is 0 Å². The SMILES string of the molecule is NC1NN2CC(F)CNC2C1C(=O)Nc1cncc(F)c1N1CCN(C(=O)CN2CCCC2)CC1. The third kappa shape index (κ3) is 5.09. The van der Waals surface area contributed by atoms with Crippen molar-refractivity contribution in [1.29, 1.82) is 0 Å². The van der Waals surface area contributed by atoms with Gasteiger partial charge in [0, 0.05) is 39.3 Å². The summed E-state index contributed by atoms with van der Waals surface area (Å²) in [6.07, 6.45) is 2.55. The highest BCUT2D eigenvalue weighted by atomic mass is 19.1. The molecule has 1 aromatic rings. The molecule has 0 bridgehead atoms. The Morgan fingerprint density at radius 2 is 1.89 bits per heavy atom. The molecule has 0 saturated carbocycles. The molecular formula is C22H33F2N9O2. The second kappa shape index (κ2) is 10.3. The first-order valence-corrected chi connectivity index (χ1v) is 12.3. The Bertz CT molecular complexity index is 940. The van der Waals surface area contributed by atoms with E-state index in [2.05, 4.69) is 25.9 Å². The minimum atomic E-state index is -1.06. The van der Waals surface area contributed by atoms with E-state index in [4.69, 9.17) is 5.73 Å². The monoisotopic (exact) mass is 493 g/mol. The zero-order valence-corrected chi connectivity index (χ0v) is 19.6. The van der Waals surface area contributed by atoms with E-state index in [0.29, 0.717) is 32.7 Å². The van der Waals surface area contributed by atoms with Crippen LogP contribution in [0.1, 0.15) is 12.8 Å². The van der Waals surface area contributed by atoms with E-state index in [1.807, 2.05) is 9.80 Å². The molecule has 4 saturated heterocycles. The second-order valence-electron chi connectivity index (χ2n) is 9.64. The molecule has 13 heteroatoms. The van der Waals surface area contributed by atoms with Crippen molar-refractivity contribution in [3.8, 4) is 0 Å². The van der Waals surface area contributed by atoms with Gasteiger partial charge in [0.25, 0.3) is 0 Å². The molecular weight excluding hydrogens is 460 g/mol. The molecule has 4 fully saturated rings. The molecule has 4 aliphatic heterocycles. The second-order valence-corrected chi connectivity index (χ2v) is 9.64. The molecule has 0 aliphatic carbocycles. The van der Waals surface area contributed by atoms with Gasteiger partial charge in [-0.2, -0.15) is 0 Å². The van der Waals surface area contributed by atoms with Gasteiger partial charge in [0.05, 0.1) is 42.9 Å². The number of nitrogens with two attached hydrogens (primary N) is 1. The van der Waals surface area contributed by atoms with E-state index in [0.717, 1.165) is 32.1 Å². The lowest BCUT2D eigenvalue weighted by Crippen LogP contribution is -2.58. The van der Waals surface area contributed by atoms with Gasteiger partial charge in [0.15, 0.2) is 5.82 Å². The van der Waals surface area contributed by atoms with Gasteiger partial charge in [-0.05, 0) is 25.9 Å². The first-order chi connectivity index (χ1) is 16.9. The van der Waals surface area contributed by atoms with E-state index in [-0.39, 0.29) is 30.4 Å². The van der Waals surface area contributed by atoms with Crippen LogP contribution < -0.4 is 26.7 Å². The quantitative estimate of drug-likeness (QED) is 0.405. The van der Waals surface area contributed by atoms with E-state index in [1.54, 1.807) is 5.01 Å². The standard InChI is InChI=1S/C22H33F2N9O2/c23-14-9-27-21-18(20(25)29-33(21)12-14)22(35)28-16-11-26-10-15(24)19(16)32-7-5-31(6-8-32)17(34)13-30-3-1-2-4-30/h10-11,14,18,20-21,27,29H,1-9,12-13,25H2,(H,28,35). The minimum Gasteiger partial charge on any atom is -0.364 e. The number of fused-ring (bicyclic) bond motifs is 1. The van der Waals surface area contributed by atoms with Crippen molar-refractivity contribution in [3.05, 3.63) is 18.2 Å². The predicted octanol–water partition coefficient (Wildman–Crippen LogP) is -1.11. The average Bonchev–Trinajstić information content (AvgIpc) is 3.45. The molecule has 0 aromatic carbocycles. The number of aromatic nitrogens is 1. The van der Waals surface area contributed by atoms with Crippen LogP contribution in [0.15, 0.2) is 12.4 Å². The lowest BCUT2D eigenvalue weighted by molar-refractivity contribution is -0.132. The van der Waals surface area contributed by atoms with Crippen molar-refractivity contribution in [2.24, 2.45) is 11.7 Å². The Kier molecular flexibility index (Phi) is 7.12. The van der Waals surface area contributed by atoms with E-state index in [9.17, 15) is 18.4 Å². The summed E-state index contributed by atoms with van der Waals surface area (Å²) in [6, 6.07) is 0. The van der Waals surface area contributed by atoms with Crippen molar-refractivity contribution in [2.45, 2.75) is 31.3 Å². The minimum absolute atomic E-state index is 0.0954. The highest BCUT2D eigenvalue weighted by molar-refractivity contribution is 5.96. The number of halogens is 2. The highest BCUT2D eigenvalue weighted by Crippen LogP contribution is 2.31. The largest absolute Gasteiger partial charge is 0.364 e. The number of carbonyl (C=O) groups excluding carboxylic acids is 2. The molecule has 4 unspecified atom stereocenters. The van der Waals surface area contributed by atoms with Crippen molar-refractivity contribution in [2.75, 3.05) is 69.1 Å². The number of hydrogen-bond acceptors (Lipinski definition) is 9. The number of hydrogen-bond donors (Lipinski definition) is 4. The maximum atomic E-state index is 14.9. The zero-order valence-electron chi connectivity index (χ0n) is 19.6. The van der Waals surface area contributed by atoms with Crippen LogP contribution in [0.3, 0.4) is 0 Å². The normalized spacial score (nSPS) is 29.9. The number of pyridine rings is 1. The number of anilines is 2. The molecule has 5 rings (SSSR count). The Morgan fingerprint density at radius 1 is 1.14 bits per heavy atom. The first kappa shape index (κ1) is 24.3. The van der Waals surface area contributed by atoms with Crippen LogP contribution in [-0.4, -0.2) is 109 Å². The molecule has 4 atom stereocenters. The summed E-state index contributed by atoms with van der Waals surface area (Å²) in [7, 11) is 0. The van der Waals surface area contributed by atoms with Crippen LogP contribution in [0.5, 0.6) is 0 Å². The number of amides is 2. The van der Waals surface area contributed by atoms with Gasteiger partial charge in [0.2, 0.25) is 11.8 Å². The fraction of sp³-hybridized carbons (Fsp3) is 0.682. The van der Waals surface area contributed by atoms with E-state index >= 15 is 0 Å². The summed E-state index contributed by atoms with van der Waals surface area (Å²) in [5.74, 6) is -1.57. The lowest BCUT2D eigenvalue weighted by Gasteiger charge is -2.37. The molecule has 35 heavy (non-hydrogen) atoms. The average molecular weight is 494 g/mol. The Balaban J connectivity index is 1.24. The third-order valence-corrected chi connectivity index (χ3v) is 7.26. The smallest absolute Gasteiger partial charge is 0.236 e. The molecule has 0 spiro atoms. The number of rotatable bonds is 5. The van der Waals surface area contributed by atoms with Gasteiger partial charge in [0.1, 0.15) is 11.9 Å². The Labute approximate surface area is 202 Å². The van der Waals surface area contributed by atoms with Crippen molar-refractivity contribution >= 4 is 23.2 Å². The Hall–Kier alpha value is -2.45. The molecule has 4 aliphatic rings. The molecule has 5 heterocycles. The van der Waals surface area contributed by atoms with Crippen LogP contribution in [0, 0.1) is 11.7 Å². The number of likely N-dealkylation sites (tertiary alicyclic amines) is 1.